The summed E-state index contributed by atoms with van der Waals surface area (Å²) in [5.74, 6) is -1.72. The van der Waals surface area contributed by atoms with Crippen molar-refractivity contribution in [2.45, 2.75) is 45.1 Å². The van der Waals surface area contributed by atoms with Gasteiger partial charge in [0.25, 0.3) is 5.60 Å². The molecule has 0 radical (unpaired) electrons. The smallest absolute Gasteiger partial charge is 0.429 e. The molecular weight excluding hydrogens is 446 g/mol. The highest BCUT2D eigenvalue weighted by atomic mass is 19.4. The first kappa shape index (κ1) is 25.4. The number of fused-ring (bicyclic) bond motifs is 1. The summed E-state index contributed by atoms with van der Waals surface area (Å²) in [6, 6.07) is 8.02. The lowest BCUT2D eigenvalue weighted by atomic mass is 9.91. The lowest BCUT2D eigenvalue weighted by Gasteiger charge is -2.31. The predicted octanol–water partition coefficient (Wildman–Crippen LogP) is 5.19. The molecule has 5 nitrogen and oxygen atoms in total. The van der Waals surface area contributed by atoms with E-state index in [0.717, 1.165) is 6.07 Å². The molecule has 0 atom stereocenters. The van der Waals surface area contributed by atoms with E-state index >= 15 is 0 Å². The predicted molar refractivity (Wildman–Crippen MR) is 101 cm³/mol. The quantitative estimate of drug-likeness (QED) is 0.360. The van der Waals surface area contributed by atoms with Gasteiger partial charge in [0, 0.05) is 0 Å². The number of rotatable bonds is 6. The standard InChI is InChI=1S/C21H20F6O5/c1-4-18(2,3)17(29)32-15-8-7-12-9-14(6-5-13(12)10-15)16(28)31-11-19(30,20(22,23)24)21(25,26)27/h5-10,30H,4,11H2,1-3H3. The molecule has 1 N–H and O–H groups in total. The molecule has 2 aromatic carbocycles. The third-order valence-corrected chi connectivity index (χ3v) is 5.04. The van der Waals surface area contributed by atoms with E-state index in [1.807, 2.05) is 6.92 Å². The Labute approximate surface area is 178 Å². The highest BCUT2D eigenvalue weighted by Gasteiger charge is 2.71. The van der Waals surface area contributed by atoms with Crippen LogP contribution in [-0.2, 0) is 9.53 Å². The fraction of sp³-hybridized carbons (Fsp3) is 0.429. The monoisotopic (exact) mass is 466 g/mol. The van der Waals surface area contributed by atoms with Crippen LogP contribution in [-0.4, -0.2) is 41.6 Å². The van der Waals surface area contributed by atoms with E-state index in [9.17, 15) is 35.9 Å². The number of esters is 2. The van der Waals surface area contributed by atoms with Gasteiger partial charge in [0.2, 0.25) is 0 Å². The van der Waals surface area contributed by atoms with Crippen LogP contribution in [0, 0.1) is 5.41 Å². The van der Waals surface area contributed by atoms with Gasteiger partial charge in [0.1, 0.15) is 12.4 Å². The van der Waals surface area contributed by atoms with Crippen LogP contribution in [0.5, 0.6) is 5.75 Å². The van der Waals surface area contributed by atoms with Gasteiger partial charge in [-0.3, -0.25) is 4.79 Å². The first-order valence-corrected chi connectivity index (χ1v) is 9.31. The molecule has 0 aliphatic heterocycles. The molecule has 2 rings (SSSR count). The summed E-state index contributed by atoms with van der Waals surface area (Å²) in [5, 5.41) is 9.93. The van der Waals surface area contributed by atoms with Crippen LogP contribution in [0.25, 0.3) is 10.8 Å². The molecule has 0 bridgehead atoms. The van der Waals surface area contributed by atoms with Gasteiger partial charge in [-0.25, -0.2) is 4.79 Å². The van der Waals surface area contributed by atoms with Gasteiger partial charge < -0.3 is 14.6 Å². The Morgan fingerprint density at radius 1 is 0.906 bits per heavy atom. The number of benzene rings is 2. The molecule has 0 heterocycles. The molecule has 0 amide bonds. The van der Waals surface area contributed by atoms with E-state index in [4.69, 9.17) is 9.84 Å². The van der Waals surface area contributed by atoms with Crippen molar-refractivity contribution in [1.29, 1.82) is 0 Å². The summed E-state index contributed by atoms with van der Waals surface area (Å²) in [7, 11) is 0. The van der Waals surface area contributed by atoms with Crippen molar-refractivity contribution in [2.75, 3.05) is 6.61 Å². The molecule has 2 aromatic rings. The van der Waals surface area contributed by atoms with E-state index < -0.39 is 41.9 Å². The average Bonchev–Trinajstić information content (AvgIpc) is 2.69. The van der Waals surface area contributed by atoms with Crippen molar-refractivity contribution in [3.8, 4) is 5.75 Å². The van der Waals surface area contributed by atoms with Crippen LogP contribution in [0.15, 0.2) is 36.4 Å². The molecule has 0 saturated heterocycles. The van der Waals surface area contributed by atoms with Crippen LogP contribution < -0.4 is 4.74 Å². The minimum Gasteiger partial charge on any atom is -0.458 e. The summed E-state index contributed by atoms with van der Waals surface area (Å²) in [4.78, 5) is 24.2. The second kappa shape index (κ2) is 8.61. The van der Waals surface area contributed by atoms with Crippen LogP contribution in [0.2, 0.25) is 0 Å². The topological polar surface area (TPSA) is 72.8 Å². The van der Waals surface area contributed by atoms with E-state index in [1.165, 1.54) is 30.3 Å². The number of hydrogen-bond donors (Lipinski definition) is 1. The SMILES string of the molecule is CCC(C)(C)C(=O)Oc1ccc2cc(C(=O)OCC(O)(C(F)(F)F)C(F)(F)F)ccc2c1. The highest BCUT2D eigenvalue weighted by molar-refractivity contribution is 5.96. The Morgan fingerprint density at radius 3 is 1.97 bits per heavy atom. The summed E-state index contributed by atoms with van der Waals surface area (Å²) in [6.45, 7) is 2.91. The first-order valence-electron chi connectivity index (χ1n) is 9.31. The van der Waals surface area contributed by atoms with Crippen molar-refractivity contribution < 1.29 is 50.5 Å². The summed E-state index contributed by atoms with van der Waals surface area (Å²) in [5.41, 5.74) is -6.24. The summed E-state index contributed by atoms with van der Waals surface area (Å²) in [6.07, 6.45) is -11.7. The molecular formula is C21H20F6O5. The Hall–Kier alpha value is -2.82. The van der Waals surface area contributed by atoms with E-state index in [2.05, 4.69) is 4.74 Å². The number of carbonyl (C=O) groups is 2. The van der Waals surface area contributed by atoms with E-state index in [0.29, 0.717) is 17.2 Å². The van der Waals surface area contributed by atoms with Crippen molar-refractivity contribution in [2.24, 2.45) is 5.41 Å². The number of hydrogen-bond acceptors (Lipinski definition) is 5. The van der Waals surface area contributed by atoms with Crippen molar-refractivity contribution in [3.05, 3.63) is 42.0 Å². The van der Waals surface area contributed by atoms with Gasteiger partial charge in [0.05, 0.1) is 11.0 Å². The third kappa shape index (κ3) is 5.14. The minimum atomic E-state index is -6.10. The van der Waals surface area contributed by atoms with Crippen molar-refractivity contribution >= 4 is 22.7 Å². The summed E-state index contributed by atoms with van der Waals surface area (Å²) >= 11 is 0. The zero-order chi connectivity index (χ0) is 24.5. The van der Waals surface area contributed by atoms with Crippen LogP contribution >= 0.6 is 0 Å². The number of alkyl halides is 6. The lowest BCUT2D eigenvalue weighted by Crippen LogP contribution is -2.60. The zero-order valence-electron chi connectivity index (χ0n) is 17.2. The second-order valence-electron chi connectivity index (χ2n) is 7.78. The van der Waals surface area contributed by atoms with Gasteiger partial charge in [-0.2, -0.15) is 26.3 Å². The van der Waals surface area contributed by atoms with Gasteiger partial charge in [-0.05, 0) is 55.3 Å². The molecule has 32 heavy (non-hydrogen) atoms. The normalized spacial score (nSPS) is 13.2. The molecule has 176 valence electrons. The van der Waals surface area contributed by atoms with E-state index in [1.54, 1.807) is 13.8 Å². The van der Waals surface area contributed by atoms with Crippen LogP contribution in [0.4, 0.5) is 26.3 Å². The van der Waals surface area contributed by atoms with Gasteiger partial charge in [-0.1, -0.05) is 19.1 Å². The van der Waals surface area contributed by atoms with Crippen molar-refractivity contribution in [1.82, 2.24) is 0 Å². The number of halogens is 6. The largest absolute Gasteiger partial charge is 0.458 e. The van der Waals surface area contributed by atoms with Crippen LogP contribution in [0.3, 0.4) is 0 Å². The molecule has 0 aliphatic carbocycles. The number of aliphatic hydroxyl groups is 1. The molecule has 0 saturated carbocycles. The summed E-state index contributed by atoms with van der Waals surface area (Å²) < 4.78 is 85.6. The lowest BCUT2D eigenvalue weighted by molar-refractivity contribution is -0.374. The minimum absolute atomic E-state index is 0.222. The Morgan fingerprint density at radius 2 is 1.44 bits per heavy atom. The zero-order valence-corrected chi connectivity index (χ0v) is 17.2. The van der Waals surface area contributed by atoms with Gasteiger partial charge in [0.15, 0.2) is 0 Å². The Balaban J connectivity index is 2.20. The molecule has 0 unspecified atom stereocenters. The molecule has 0 fully saturated rings. The van der Waals surface area contributed by atoms with E-state index in [-0.39, 0.29) is 11.3 Å². The highest BCUT2D eigenvalue weighted by Crippen LogP contribution is 2.43. The van der Waals surface area contributed by atoms with Crippen molar-refractivity contribution in [3.63, 3.8) is 0 Å². The average molecular weight is 466 g/mol. The van der Waals surface area contributed by atoms with Gasteiger partial charge in [-0.15, -0.1) is 0 Å². The number of carbonyl (C=O) groups excluding carboxylic acids is 2. The van der Waals surface area contributed by atoms with Gasteiger partial charge >= 0.3 is 24.3 Å². The first-order chi connectivity index (χ1) is 14.5. The molecule has 0 spiro atoms. The maximum Gasteiger partial charge on any atom is 0.429 e. The second-order valence-corrected chi connectivity index (χ2v) is 7.78. The molecule has 0 aliphatic rings. The third-order valence-electron chi connectivity index (χ3n) is 5.04. The molecule has 11 heteroatoms. The van der Waals surface area contributed by atoms with Crippen LogP contribution in [0.1, 0.15) is 37.6 Å². The maximum absolute atomic E-state index is 12.7. The Bertz CT molecular complexity index is 996. The fourth-order valence-corrected chi connectivity index (χ4v) is 2.38. The number of ether oxygens (including phenoxy) is 2. The molecule has 0 aromatic heterocycles. The Kier molecular flexibility index (Phi) is 6.84. The maximum atomic E-state index is 12.7. The fourth-order valence-electron chi connectivity index (χ4n) is 2.38.